The zero-order chi connectivity index (χ0) is 18.1. The van der Waals surface area contributed by atoms with Gasteiger partial charge in [-0.05, 0) is 12.8 Å². The van der Waals surface area contributed by atoms with Crippen molar-refractivity contribution in [1.29, 1.82) is 0 Å². The fourth-order valence-electron chi connectivity index (χ4n) is 2.81. The Morgan fingerprint density at radius 2 is 0.542 bits per heavy atom. The van der Waals surface area contributed by atoms with E-state index in [1.165, 1.54) is 126 Å². The summed E-state index contributed by atoms with van der Waals surface area (Å²) in [5.74, 6) is 0. The van der Waals surface area contributed by atoms with Crippen LogP contribution in [0.1, 0.15) is 129 Å². The second-order valence-electron chi connectivity index (χ2n) is 7.03. The number of halogens is 2. The van der Waals surface area contributed by atoms with Gasteiger partial charge in [0.15, 0.2) is 0 Å². The van der Waals surface area contributed by atoms with Gasteiger partial charge in [-0.1, -0.05) is 148 Å². The Morgan fingerprint density at radius 3 is 0.750 bits per heavy atom. The molecule has 2 heteroatoms. The molecule has 0 fully saturated rings. The summed E-state index contributed by atoms with van der Waals surface area (Å²) in [6.45, 7) is 4.55. The van der Waals surface area contributed by atoms with Crippen molar-refractivity contribution in [2.75, 3.05) is 10.7 Å². The van der Waals surface area contributed by atoms with Gasteiger partial charge < -0.3 is 0 Å². The highest BCUT2D eigenvalue weighted by molar-refractivity contribution is 9.09. The minimum Gasteiger partial charge on any atom is -0.0928 e. The van der Waals surface area contributed by atoms with Gasteiger partial charge in [0.2, 0.25) is 0 Å². The predicted octanol–water partition coefficient (Wildman–Crippen LogP) is 9.82. The van der Waals surface area contributed by atoms with E-state index in [9.17, 15) is 0 Å². The molecule has 0 saturated carbocycles. The molecule has 0 amide bonds. The van der Waals surface area contributed by atoms with E-state index in [2.05, 4.69) is 45.7 Å². The zero-order valence-corrected chi connectivity index (χ0v) is 20.1. The van der Waals surface area contributed by atoms with Crippen molar-refractivity contribution in [1.82, 2.24) is 0 Å². The van der Waals surface area contributed by atoms with Gasteiger partial charge in [-0.15, -0.1) is 0 Å². The van der Waals surface area contributed by atoms with Crippen LogP contribution in [0.15, 0.2) is 0 Å². The van der Waals surface area contributed by atoms with E-state index in [4.69, 9.17) is 0 Å². The molecule has 0 aliphatic carbocycles. The molecule has 0 radical (unpaired) electrons. The third-order valence-electron chi connectivity index (χ3n) is 4.47. The van der Waals surface area contributed by atoms with Crippen LogP contribution in [0.3, 0.4) is 0 Å². The van der Waals surface area contributed by atoms with Crippen LogP contribution >= 0.6 is 31.9 Å². The molecule has 0 bridgehead atoms. The van der Waals surface area contributed by atoms with Crippen LogP contribution in [-0.2, 0) is 0 Å². The topological polar surface area (TPSA) is 0 Å². The molecule has 0 nitrogen and oxygen atoms in total. The number of rotatable bonds is 18. The average molecular weight is 470 g/mol. The SMILES string of the molecule is CCCCCCCCCCBr.CCCCCCCCCCCCBr. The molecule has 0 unspecified atom stereocenters. The summed E-state index contributed by atoms with van der Waals surface area (Å²) < 4.78 is 0. The van der Waals surface area contributed by atoms with Gasteiger partial charge >= 0.3 is 0 Å². The molecule has 0 aliphatic rings. The van der Waals surface area contributed by atoms with Gasteiger partial charge in [-0.25, -0.2) is 0 Å². The second-order valence-corrected chi connectivity index (χ2v) is 8.62. The first kappa shape index (κ1) is 27.2. The molecule has 0 atom stereocenters. The Balaban J connectivity index is 0. The Bertz CT molecular complexity index is 165. The summed E-state index contributed by atoms with van der Waals surface area (Å²) in [6.07, 6.45) is 25.7. The first-order valence-corrected chi connectivity index (χ1v) is 13.2. The molecule has 148 valence electrons. The fraction of sp³-hybridized carbons (Fsp3) is 1.00. The van der Waals surface area contributed by atoms with E-state index in [0.717, 1.165) is 0 Å². The minimum absolute atomic E-state index is 1.18. The van der Waals surface area contributed by atoms with E-state index in [0.29, 0.717) is 0 Å². The summed E-state index contributed by atoms with van der Waals surface area (Å²) in [6, 6.07) is 0. The highest BCUT2D eigenvalue weighted by atomic mass is 79.9. The average Bonchev–Trinajstić information content (AvgIpc) is 2.60. The first-order chi connectivity index (χ1) is 11.8. The molecule has 0 rings (SSSR count). The fourth-order valence-corrected chi connectivity index (χ4v) is 3.60. The summed E-state index contributed by atoms with van der Waals surface area (Å²) in [5, 5.41) is 2.37. The number of hydrogen-bond acceptors (Lipinski definition) is 0. The molecule has 0 saturated heterocycles. The van der Waals surface area contributed by atoms with Crippen molar-refractivity contribution in [2.45, 2.75) is 129 Å². The molecule has 24 heavy (non-hydrogen) atoms. The molecule has 0 heterocycles. The van der Waals surface area contributed by atoms with Gasteiger partial charge in [0.1, 0.15) is 0 Å². The van der Waals surface area contributed by atoms with E-state index in [-0.39, 0.29) is 0 Å². The number of unbranched alkanes of at least 4 members (excludes halogenated alkanes) is 16. The molecule has 0 spiro atoms. The summed E-state index contributed by atoms with van der Waals surface area (Å²) in [4.78, 5) is 0. The van der Waals surface area contributed by atoms with Crippen molar-refractivity contribution >= 4 is 31.9 Å². The highest BCUT2D eigenvalue weighted by Gasteiger charge is 1.91. The maximum atomic E-state index is 3.46. The van der Waals surface area contributed by atoms with Crippen LogP contribution in [0.2, 0.25) is 0 Å². The highest BCUT2D eigenvalue weighted by Crippen LogP contribution is 2.11. The smallest absolute Gasteiger partial charge is 0.00313 e. The lowest BCUT2D eigenvalue weighted by Gasteiger charge is -2.00. The maximum Gasteiger partial charge on any atom is 0.00313 e. The van der Waals surface area contributed by atoms with Crippen molar-refractivity contribution < 1.29 is 0 Å². The van der Waals surface area contributed by atoms with E-state index in [1.54, 1.807) is 0 Å². The molecule has 0 aromatic rings. The molecular weight excluding hydrogens is 424 g/mol. The predicted molar refractivity (Wildman–Crippen MR) is 122 cm³/mol. The molecule has 0 aromatic heterocycles. The molecule has 0 aliphatic heterocycles. The van der Waals surface area contributed by atoms with E-state index in [1.807, 2.05) is 0 Å². The Morgan fingerprint density at radius 1 is 0.333 bits per heavy atom. The third-order valence-corrected chi connectivity index (χ3v) is 5.60. The van der Waals surface area contributed by atoms with Crippen LogP contribution in [-0.4, -0.2) is 10.7 Å². The van der Waals surface area contributed by atoms with E-state index >= 15 is 0 Å². The first-order valence-electron chi connectivity index (χ1n) is 10.9. The summed E-state index contributed by atoms with van der Waals surface area (Å²) in [7, 11) is 0. The largest absolute Gasteiger partial charge is 0.0928 e. The summed E-state index contributed by atoms with van der Waals surface area (Å²) >= 11 is 6.90. The van der Waals surface area contributed by atoms with Gasteiger partial charge in [-0.3, -0.25) is 0 Å². The lowest BCUT2D eigenvalue weighted by molar-refractivity contribution is 0.563. The molecule has 0 aromatic carbocycles. The van der Waals surface area contributed by atoms with Crippen LogP contribution in [0, 0.1) is 0 Å². The van der Waals surface area contributed by atoms with Crippen LogP contribution < -0.4 is 0 Å². The summed E-state index contributed by atoms with van der Waals surface area (Å²) in [5.41, 5.74) is 0. The van der Waals surface area contributed by atoms with Crippen LogP contribution in [0.4, 0.5) is 0 Å². The Labute approximate surface area is 171 Å². The standard InChI is InChI=1S/C12H25Br.C10H21Br/c1-2-3-4-5-6-7-8-9-10-11-12-13;1-2-3-4-5-6-7-8-9-10-11/h2-12H2,1H3;2-10H2,1H3. The second kappa shape index (κ2) is 28.8. The Hall–Kier alpha value is 0.960. The zero-order valence-electron chi connectivity index (χ0n) is 16.9. The minimum atomic E-state index is 1.18. The maximum absolute atomic E-state index is 3.46. The molecule has 0 N–H and O–H groups in total. The monoisotopic (exact) mass is 468 g/mol. The van der Waals surface area contributed by atoms with Gasteiger partial charge in [-0.2, -0.15) is 0 Å². The number of alkyl halides is 2. The van der Waals surface area contributed by atoms with Gasteiger partial charge in [0.05, 0.1) is 0 Å². The van der Waals surface area contributed by atoms with Crippen LogP contribution in [0.5, 0.6) is 0 Å². The lowest BCUT2D eigenvalue weighted by Crippen LogP contribution is -1.81. The number of hydrogen-bond donors (Lipinski definition) is 0. The Kier molecular flexibility index (Phi) is 32.6. The van der Waals surface area contributed by atoms with Crippen LogP contribution in [0.25, 0.3) is 0 Å². The van der Waals surface area contributed by atoms with Crippen molar-refractivity contribution in [3.63, 3.8) is 0 Å². The third kappa shape index (κ3) is 30.8. The normalized spacial score (nSPS) is 10.5. The lowest BCUT2D eigenvalue weighted by atomic mass is 10.1. The quantitative estimate of drug-likeness (QED) is 0.138. The van der Waals surface area contributed by atoms with Crippen molar-refractivity contribution in [2.24, 2.45) is 0 Å². The van der Waals surface area contributed by atoms with Gasteiger partial charge in [0, 0.05) is 10.7 Å². The van der Waals surface area contributed by atoms with Crippen molar-refractivity contribution in [3.8, 4) is 0 Å². The van der Waals surface area contributed by atoms with E-state index < -0.39 is 0 Å². The van der Waals surface area contributed by atoms with Gasteiger partial charge in [0.25, 0.3) is 0 Å². The molecular formula is C22H46Br2. The van der Waals surface area contributed by atoms with Crippen molar-refractivity contribution in [3.05, 3.63) is 0 Å².